The van der Waals surface area contributed by atoms with Gasteiger partial charge in [0.15, 0.2) is 0 Å². The van der Waals surface area contributed by atoms with E-state index in [0.717, 1.165) is 44.6 Å². The molecule has 0 bridgehead atoms. The Kier molecular flexibility index (Phi) is 9.10. The summed E-state index contributed by atoms with van der Waals surface area (Å²) >= 11 is 0. The SMILES string of the molecule is CCCCCC1CCC(c2ccc(OC(F)(F)c3ccc(OC(C)=O)c(C(F)F)c3F)cc2)CO1. The van der Waals surface area contributed by atoms with Gasteiger partial charge in [-0.1, -0.05) is 38.3 Å². The molecule has 9 heteroatoms. The number of ether oxygens (including phenoxy) is 3. The van der Waals surface area contributed by atoms with E-state index in [4.69, 9.17) is 4.74 Å². The molecule has 0 amide bonds. The highest BCUT2D eigenvalue weighted by atomic mass is 19.3. The van der Waals surface area contributed by atoms with E-state index in [2.05, 4.69) is 16.4 Å². The summed E-state index contributed by atoms with van der Waals surface area (Å²) in [4.78, 5) is 11.1. The number of esters is 1. The van der Waals surface area contributed by atoms with E-state index >= 15 is 0 Å². The van der Waals surface area contributed by atoms with Crippen molar-refractivity contribution in [3.8, 4) is 11.5 Å². The molecule has 0 spiro atoms. The molecule has 0 N–H and O–H groups in total. The van der Waals surface area contributed by atoms with Gasteiger partial charge < -0.3 is 14.2 Å². The number of hydrogen-bond acceptors (Lipinski definition) is 4. The molecule has 0 aromatic heterocycles. The van der Waals surface area contributed by atoms with Crippen molar-refractivity contribution in [3.63, 3.8) is 0 Å². The number of halogens is 5. The van der Waals surface area contributed by atoms with Crippen molar-refractivity contribution >= 4 is 5.97 Å². The highest BCUT2D eigenvalue weighted by molar-refractivity contribution is 5.70. The molecule has 2 unspecified atom stereocenters. The van der Waals surface area contributed by atoms with Crippen LogP contribution < -0.4 is 9.47 Å². The zero-order valence-electron chi connectivity index (χ0n) is 19.7. The van der Waals surface area contributed by atoms with Gasteiger partial charge in [0.05, 0.1) is 18.3 Å². The van der Waals surface area contributed by atoms with E-state index in [0.29, 0.717) is 18.7 Å². The van der Waals surface area contributed by atoms with Crippen LogP contribution in [0, 0.1) is 5.82 Å². The van der Waals surface area contributed by atoms with Crippen LogP contribution in [0.5, 0.6) is 11.5 Å². The number of alkyl halides is 4. The molecule has 4 nitrogen and oxygen atoms in total. The molecule has 3 rings (SSSR count). The van der Waals surface area contributed by atoms with E-state index < -0.39 is 41.2 Å². The minimum atomic E-state index is -4.25. The van der Waals surface area contributed by atoms with Crippen LogP contribution in [0.3, 0.4) is 0 Å². The van der Waals surface area contributed by atoms with Crippen LogP contribution in [0.15, 0.2) is 36.4 Å². The fourth-order valence-corrected chi connectivity index (χ4v) is 4.18. The lowest BCUT2D eigenvalue weighted by Crippen LogP contribution is -2.25. The van der Waals surface area contributed by atoms with E-state index in [1.165, 1.54) is 18.6 Å². The summed E-state index contributed by atoms with van der Waals surface area (Å²) < 4.78 is 85.9. The smallest absolute Gasteiger partial charge is 0.429 e. The number of carbonyl (C=O) groups excluding carboxylic acids is 1. The lowest BCUT2D eigenvalue weighted by Gasteiger charge is -2.29. The normalized spacial score (nSPS) is 18.5. The average molecular weight is 501 g/mol. The average Bonchev–Trinajstić information content (AvgIpc) is 2.79. The standard InChI is InChI=1S/C26H29F5O4/c1-3-4-5-6-19-10-9-18(15-33-19)17-7-11-20(12-8-17)35-26(30,31)21-13-14-22(34-16(2)32)23(24(21)27)25(28)29/h7-8,11-14,18-19,25H,3-6,9-10,15H2,1-2H3. The number of carbonyl (C=O) groups is 1. The largest absolute Gasteiger partial charge is 0.429 e. The van der Waals surface area contributed by atoms with Gasteiger partial charge in [-0.05, 0) is 49.1 Å². The molecule has 2 aromatic carbocycles. The maximum Gasteiger partial charge on any atom is 0.429 e. The van der Waals surface area contributed by atoms with Gasteiger partial charge in [-0.25, -0.2) is 13.2 Å². The number of benzene rings is 2. The lowest BCUT2D eigenvalue weighted by molar-refractivity contribution is -0.187. The van der Waals surface area contributed by atoms with Gasteiger partial charge in [-0.3, -0.25) is 4.79 Å². The summed E-state index contributed by atoms with van der Waals surface area (Å²) in [5, 5.41) is 0. The molecular formula is C26H29F5O4. The van der Waals surface area contributed by atoms with Gasteiger partial charge in [0.1, 0.15) is 22.9 Å². The third-order valence-corrected chi connectivity index (χ3v) is 6.02. The Morgan fingerprint density at radius 2 is 1.83 bits per heavy atom. The van der Waals surface area contributed by atoms with Crippen LogP contribution in [0.2, 0.25) is 0 Å². The van der Waals surface area contributed by atoms with Gasteiger partial charge in [-0.15, -0.1) is 0 Å². The van der Waals surface area contributed by atoms with Crippen molar-refractivity contribution in [3.05, 3.63) is 58.9 Å². The number of unbranched alkanes of at least 4 members (excludes halogenated alkanes) is 2. The molecule has 192 valence electrons. The molecule has 35 heavy (non-hydrogen) atoms. The predicted octanol–water partition coefficient (Wildman–Crippen LogP) is 7.66. The van der Waals surface area contributed by atoms with Crippen LogP contribution in [0.25, 0.3) is 0 Å². The molecule has 0 radical (unpaired) electrons. The minimum Gasteiger partial charge on any atom is -0.429 e. The van der Waals surface area contributed by atoms with Gasteiger partial charge >= 0.3 is 12.1 Å². The van der Waals surface area contributed by atoms with Crippen LogP contribution >= 0.6 is 0 Å². The zero-order chi connectivity index (χ0) is 25.6. The van der Waals surface area contributed by atoms with Gasteiger partial charge in [-0.2, -0.15) is 8.78 Å². The van der Waals surface area contributed by atoms with Crippen molar-refractivity contribution in [2.75, 3.05) is 6.61 Å². The van der Waals surface area contributed by atoms with Crippen LogP contribution in [-0.4, -0.2) is 18.7 Å². The molecule has 2 aromatic rings. The highest BCUT2D eigenvalue weighted by Crippen LogP contribution is 2.40. The first kappa shape index (κ1) is 26.9. The molecule has 1 saturated heterocycles. The van der Waals surface area contributed by atoms with Crippen molar-refractivity contribution in [2.24, 2.45) is 0 Å². The van der Waals surface area contributed by atoms with Crippen molar-refractivity contribution in [1.82, 2.24) is 0 Å². The molecule has 0 aliphatic carbocycles. The number of hydrogen-bond donors (Lipinski definition) is 0. The van der Waals surface area contributed by atoms with Gasteiger partial charge in [0.25, 0.3) is 6.43 Å². The Morgan fingerprint density at radius 1 is 1.11 bits per heavy atom. The molecule has 1 heterocycles. The third kappa shape index (κ3) is 6.93. The monoisotopic (exact) mass is 500 g/mol. The summed E-state index contributed by atoms with van der Waals surface area (Å²) in [7, 11) is 0. The van der Waals surface area contributed by atoms with E-state index in [-0.39, 0.29) is 17.8 Å². The third-order valence-electron chi connectivity index (χ3n) is 6.02. The Morgan fingerprint density at radius 3 is 2.40 bits per heavy atom. The molecule has 1 fully saturated rings. The summed E-state index contributed by atoms with van der Waals surface area (Å²) in [5.74, 6) is -3.83. The second-order valence-corrected chi connectivity index (χ2v) is 8.65. The number of rotatable bonds is 10. The predicted molar refractivity (Wildman–Crippen MR) is 119 cm³/mol. The molecular weight excluding hydrogens is 471 g/mol. The van der Waals surface area contributed by atoms with Gasteiger partial charge in [0.2, 0.25) is 0 Å². The summed E-state index contributed by atoms with van der Waals surface area (Å²) in [6.07, 6.45) is -1.12. The maximum absolute atomic E-state index is 14.7. The van der Waals surface area contributed by atoms with Gasteiger partial charge in [0, 0.05) is 12.8 Å². The highest BCUT2D eigenvalue weighted by Gasteiger charge is 2.40. The first-order valence-corrected chi connectivity index (χ1v) is 11.7. The quantitative estimate of drug-likeness (QED) is 0.145. The van der Waals surface area contributed by atoms with Crippen LogP contribution in [0.4, 0.5) is 22.0 Å². The Balaban J connectivity index is 1.68. The van der Waals surface area contributed by atoms with Crippen LogP contribution in [-0.2, 0) is 15.6 Å². The summed E-state index contributed by atoms with van der Waals surface area (Å²) in [6.45, 7) is 3.62. The molecule has 2 atom stereocenters. The van der Waals surface area contributed by atoms with Crippen molar-refractivity contribution in [2.45, 2.75) is 76.9 Å². The Bertz CT molecular complexity index is 986. The van der Waals surface area contributed by atoms with Crippen molar-refractivity contribution in [1.29, 1.82) is 0 Å². The summed E-state index contributed by atoms with van der Waals surface area (Å²) in [6, 6.07) is 7.19. The van der Waals surface area contributed by atoms with E-state index in [1.807, 2.05) is 0 Å². The second kappa shape index (κ2) is 11.8. The lowest BCUT2D eigenvalue weighted by atomic mass is 9.90. The Labute approximate surface area is 201 Å². The topological polar surface area (TPSA) is 44.8 Å². The van der Waals surface area contributed by atoms with E-state index in [9.17, 15) is 26.7 Å². The Hall–Kier alpha value is -2.68. The fraction of sp³-hybridized carbons (Fsp3) is 0.500. The zero-order valence-corrected chi connectivity index (χ0v) is 19.7. The second-order valence-electron chi connectivity index (χ2n) is 8.65. The minimum absolute atomic E-state index is 0.131. The first-order valence-electron chi connectivity index (χ1n) is 11.7. The molecule has 1 aliphatic rings. The maximum atomic E-state index is 14.7. The first-order chi connectivity index (χ1) is 16.6. The van der Waals surface area contributed by atoms with E-state index in [1.54, 1.807) is 12.1 Å². The molecule has 1 aliphatic heterocycles. The van der Waals surface area contributed by atoms with Crippen LogP contribution in [0.1, 0.15) is 81.4 Å². The fourth-order valence-electron chi connectivity index (χ4n) is 4.18. The molecule has 0 saturated carbocycles. The van der Waals surface area contributed by atoms with Crippen molar-refractivity contribution < 1.29 is 41.0 Å². The summed E-state index contributed by atoms with van der Waals surface area (Å²) in [5.41, 5.74) is -1.91.